The molecule has 0 aromatic heterocycles. The lowest BCUT2D eigenvalue weighted by molar-refractivity contribution is 0.0289. The molecule has 0 aliphatic carbocycles. The lowest BCUT2D eigenvalue weighted by Gasteiger charge is -2.24. The molecule has 1 saturated heterocycles. The van der Waals surface area contributed by atoms with E-state index >= 15 is 0 Å². The number of rotatable bonds is 3. The third-order valence-electron chi connectivity index (χ3n) is 3.14. The molecule has 2 atom stereocenters. The fourth-order valence-corrected chi connectivity index (χ4v) is 2.48. The van der Waals surface area contributed by atoms with Gasteiger partial charge in [-0.3, -0.25) is 0 Å². The van der Waals surface area contributed by atoms with Crippen LogP contribution in [0.4, 0.5) is 4.79 Å². The number of ether oxygens (including phenoxy) is 1. The maximum absolute atomic E-state index is 11.6. The second-order valence-corrected chi connectivity index (χ2v) is 7.47. The van der Waals surface area contributed by atoms with Crippen molar-refractivity contribution in [2.75, 3.05) is 19.3 Å². The minimum absolute atomic E-state index is 0.168. The summed E-state index contributed by atoms with van der Waals surface area (Å²) in [7, 11) is 2.73. The largest absolute Gasteiger partial charge is 0.444 e. The van der Waals surface area contributed by atoms with Crippen LogP contribution in [0.5, 0.6) is 0 Å². The molecule has 20 heavy (non-hydrogen) atoms. The van der Waals surface area contributed by atoms with Crippen molar-refractivity contribution in [3.8, 4) is 0 Å². The van der Waals surface area contributed by atoms with Gasteiger partial charge >= 0.3 is 6.09 Å². The number of likely N-dealkylation sites (tertiary alicyclic amines) is 1. The topological polar surface area (TPSA) is 29.5 Å². The van der Waals surface area contributed by atoms with Crippen LogP contribution in [0.2, 0.25) is 0 Å². The molecule has 0 radical (unpaired) electrons. The van der Waals surface area contributed by atoms with Crippen molar-refractivity contribution in [2.24, 2.45) is 11.8 Å². The van der Waals surface area contributed by atoms with Gasteiger partial charge in [0.1, 0.15) is 5.60 Å². The highest BCUT2D eigenvalue weighted by molar-refractivity contribution is 7.16. The van der Waals surface area contributed by atoms with Crippen LogP contribution in [0.15, 0.2) is 0 Å². The molecule has 0 bridgehead atoms. The molecule has 1 heterocycles. The number of amides is 1. The molecule has 0 N–H and O–H groups in total. The van der Waals surface area contributed by atoms with Crippen LogP contribution in [0.25, 0.3) is 0 Å². The monoisotopic (exact) mass is 303 g/mol. The van der Waals surface area contributed by atoms with Crippen LogP contribution in [0.3, 0.4) is 0 Å². The maximum atomic E-state index is 11.6. The van der Waals surface area contributed by atoms with E-state index in [1.54, 1.807) is 4.90 Å². The molecular formula is C16H34NO2P. The van der Waals surface area contributed by atoms with Gasteiger partial charge in [0.05, 0.1) is 0 Å². The Morgan fingerprint density at radius 2 is 2.00 bits per heavy atom. The summed E-state index contributed by atoms with van der Waals surface area (Å²) in [4.78, 5) is 13.4. The average molecular weight is 303 g/mol. The van der Waals surface area contributed by atoms with Gasteiger partial charge in [-0.05, 0) is 45.2 Å². The van der Waals surface area contributed by atoms with Gasteiger partial charge in [0, 0.05) is 13.1 Å². The minimum Gasteiger partial charge on any atom is -0.444 e. The van der Waals surface area contributed by atoms with Gasteiger partial charge in [0.2, 0.25) is 0 Å². The van der Waals surface area contributed by atoms with E-state index in [2.05, 4.69) is 30.0 Å². The second kappa shape index (κ2) is 9.60. The molecule has 1 aliphatic rings. The van der Waals surface area contributed by atoms with E-state index < -0.39 is 0 Å². The fourth-order valence-electron chi connectivity index (χ4n) is 2.09. The van der Waals surface area contributed by atoms with E-state index in [0.717, 1.165) is 31.6 Å². The molecule has 2 unspecified atom stereocenters. The van der Waals surface area contributed by atoms with Crippen LogP contribution >= 0.6 is 9.24 Å². The molecule has 3 nitrogen and oxygen atoms in total. The standard InChI is InChI=1S/C10H20NO2P.C6H14/c1-10(2,3)13-9(12)11-5-4-8(6-11)7-14;1-4-5-6(2)3/h8H,4-7,14H2,1-3H3;6H,4-5H2,1-3H3. The predicted molar refractivity (Wildman–Crippen MR) is 90.2 cm³/mol. The molecule has 1 fully saturated rings. The zero-order valence-electron chi connectivity index (χ0n) is 14.2. The molecule has 1 aliphatic heterocycles. The highest BCUT2D eigenvalue weighted by Crippen LogP contribution is 2.20. The van der Waals surface area contributed by atoms with E-state index in [1.807, 2.05) is 20.8 Å². The smallest absolute Gasteiger partial charge is 0.410 e. The SMILES string of the molecule is CC(C)(C)OC(=O)N1CCC(CP)C1.CCCC(C)C. The van der Waals surface area contributed by atoms with Gasteiger partial charge in [-0.1, -0.05) is 33.6 Å². The number of hydrogen-bond donors (Lipinski definition) is 0. The van der Waals surface area contributed by atoms with Crippen molar-refractivity contribution in [3.63, 3.8) is 0 Å². The summed E-state index contributed by atoms with van der Waals surface area (Å²) in [6, 6.07) is 0. The lowest BCUT2D eigenvalue weighted by Crippen LogP contribution is -2.35. The Labute approximate surface area is 128 Å². The molecule has 0 aromatic rings. The molecule has 0 saturated carbocycles. The van der Waals surface area contributed by atoms with Gasteiger partial charge < -0.3 is 9.64 Å². The summed E-state index contributed by atoms with van der Waals surface area (Å²) >= 11 is 0. The number of carbonyl (C=O) groups is 1. The Morgan fingerprint density at radius 3 is 2.30 bits per heavy atom. The Balaban J connectivity index is 0.000000511. The molecular weight excluding hydrogens is 269 g/mol. The first-order chi connectivity index (χ1) is 9.19. The zero-order valence-corrected chi connectivity index (χ0v) is 15.4. The highest BCUT2D eigenvalue weighted by Gasteiger charge is 2.28. The van der Waals surface area contributed by atoms with Crippen LogP contribution in [0.1, 0.15) is 60.8 Å². The molecule has 0 aromatic carbocycles. The van der Waals surface area contributed by atoms with Crippen molar-refractivity contribution in [1.29, 1.82) is 0 Å². The molecule has 0 spiro atoms. The summed E-state index contributed by atoms with van der Waals surface area (Å²) in [6.07, 6.45) is 4.71. The third-order valence-corrected chi connectivity index (χ3v) is 3.80. The Bertz CT molecular complexity index is 274. The number of carbonyl (C=O) groups excluding carboxylic acids is 1. The summed E-state index contributed by atoms with van der Waals surface area (Å²) in [6.45, 7) is 14.1. The van der Waals surface area contributed by atoms with Gasteiger partial charge in [-0.2, -0.15) is 0 Å². The average Bonchev–Trinajstić information content (AvgIpc) is 2.75. The summed E-state index contributed by atoms with van der Waals surface area (Å²) in [5, 5.41) is 0. The zero-order chi connectivity index (χ0) is 15.8. The molecule has 1 amide bonds. The first-order valence-corrected chi connectivity index (χ1v) is 8.69. The summed E-state index contributed by atoms with van der Waals surface area (Å²) < 4.78 is 5.29. The summed E-state index contributed by atoms with van der Waals surface area (Å²) in [5.41, 5.74) is -0.379. The fraction of sp³-hybridized carbons (Fsp3) is 0.938. The number of hydrogen-bond acceptors (Lipinski definition) is 2. The van der Waals surface area contributed by atoms with Crippen LogP contribution in [-0.4, -0.2) is 35.8 Å². The van der Waals surface area contributed by atoms with Crippen LogP contribution in [0, 0.1) is 11.8 Å². The number of nitrogens with zero attached hydrogens (tertiary/aromatic N) is 1. The lowest BCUT2D eigenvalue weighted by atomic mass is 10.1. The normalized spacial score (nSPS) is 18.8. The molecule has 1 rings (SSSR count). The van der Waals surface area contributed by atoms with Gasteiger partial charge in [0.25, 0.3) is 0 Å². The van der Waals surface area contributed by atoms with E-state index in [4.69, 9.17) is 4.74 Å². The minimum atomic E-state index is -0.379. The van der Waals surface area contributed by atoms with Crippen molar-refractivity contribution < 1.29 is 9.53 Å². The highest BCUT2D eigenvalue weighted by atomic mass is 31.0. The van der Waals surface area contributed by atoms with Crippen LogP contribution < -0.4 is 0 Å². The van der Waals surface area contributed by atoms with Gasteiger partial charge in [0.15, 0.2) is 0 Å². The Morgan fingerprint density at radius 1 is 1.40 bits per heavy atom. The quantitative estimate of drug-likeness (QED) is 0.715. The molecule has 120 valence electrons. The van der Waals surface area contributed by atoms with Crippen molar-refractivity contribution in [2.45, 2.75) is 66.4 Å². The van der Waals surface area contributed by atoms with Crippen molar-refractivity contribution >= 4 is 15.3 Å². The van der Waals surface area contributed by atoms with Gasteiger partial charge in [-0.25, -0.2) is 4.79 Å². The maximum Gasteiger partial charge on any atom is 0.410 e. The van der Waals surface area contributed by atoms with E-state index in [1.165, 1.54) is 12.8 Å². The van der Waals surface area contributed by atoms with Crippen molar-refractivity contribution in [3.05, 3.63) is 0 Å². The van der Waals surface area contributed by atoms with Crippen molar-refractivity contribution in [1.82, 2.24) is 4.90 Å². The molecule has 4 heteroatoms. The van der Waals surface area contributed by atoms with E-state index in [0.29, 0.717) is 5.92 Å². The first-order valence-electron chi connectivity index (χ1n) is 7.87. The Kier molecular flexibility index (Phi) is 9.46. The van der Waals surface area contributed by atoms with E-state index in [9.17, 15) is 4.79 Å². The third kappa shape index (κ3) is 9.58. The predicted octanol–water partition coefficient (Wildman–Crippen LogP) is 4.56. The first kappa shape index (κ1) is 19.7. The van der Waals surface area contributed by atoms with Crippen LogP contribution in [-0.2, 0) is 4.74 Å². The van der Waals surface area contributed by atoms with E-state index in [-0.39, 0.29) is 11.7 Å². The summed E-state index contributed by atoms with van der Waals surface area (Å²) in [5.74, 6) is 1.53. The van der Waals surface area contributed by atoms with Gasteiger partial charge in [-0.15, -0.1) is 9.24 Å². The second-order valence-electron chi connectivity index (χ2n) is 7.00. The Hall–Kier alpha value is -0.300.